The van der Waals surface area contributed by atoms with Crippen molar-refractivity contribution in [3.63, 3.8) is 0 Å². The van der Waals surface area contributed by atoms with Crippen molar-refractivity contribution in [2.24, 2.45) is 0 Å². The van der Waals surface area contributed by atoms with Crippen LogP contribution in [0.25, 0.3) is 0 Å². The Morgan fingerprint density at radius 2 is 1.90 bits per heavy atom. The Hall–Kier alpha value is -1.74. The minimum atomic E-state index is -4.45. The van der Waals surface area contributed by atoms with Crippen molar-refractivity contribution in [1.29, 1.82) is 5.26 Å². The first-order valence-electron chi connectivity index (χ1n) is 6.38. The summed E-state index contributed by atoms with van der Waals surface area (Å²) in [5, 5.41) is 8.90. The Morgan fingerprint density at radius 1 is 1.25 bits per heavy atom. The average molecular weight is 286 g/mol. The third kappa shape index (κ3) is 4.42. The van der Waals surface area contributed by atoms with Crippen molar-refractivity contribution in [3.8, 4) is 11.8 Å². The van der Waals surface area contributed by atoms with Gasteiger partial charge in [0.1, 0.15) is 18.4 Å². The highest BCUT2D eigenvalue weighted by atomic mass is 19.4. The van der Waals surface area contributed by atoms with Crippen molar-refractivity contribution in [2.45, 2.75) is 20.0 Å². The summed E-state index contributed by atoms with van der Waals surface area (Å²) in [7, 11) is 0. The summed E-state index contributed by atoms with van der Waals surface area (Å²) < 4.78 is 43.0. The van der Waals surface area contributed by atoms with Gasteiger partial charge >= 0.3 is 6.18 Å². The second-order valence-corrected chi connectivity index (χ2v) is 4.20. The standard InChI is InChI=1S/C14H17F3N2O/c1-3-19(4-2)7-8-20-13-6-5-12(14(15,16)17)9-11(13)10-18/h5-6,9H,3-4,7-8H2,1-2H3. The van der Waals surface area contributed by atoms with Gasteiger partial charge in [-0.3, -0.25) is 0 Å². The highest BCUT2D eigenvalue weighted by Gasteiger charge is 2.31. The molecule has 0 N–H and O–H groups in total. The molecule has 1 aromatic rings. The van der Waals surface area contributed by atoms with Gasteiger partial charge in [0, 0.05) is 6.54 Å². The molecule has 1 aromatic carbocycles. The molecule has 0 aliphatic rings. The van der Waals surface area contributed by atoms with Gasteiger partial charge in [-0.15, -0.1) is 0 Å². The van der Waals surface area contributed by atoms with Gasteiger partial charge in [0.15, 0.2) is 0 Å². The third-order valence-corrected chi connectivity index (χ3v) is 2.99. The lowest BCUT2D eigenvalue weighted by molar-refractivity contribution is -0.137. The summed E-state index contributed by atoms with van der Waals surface area (Å²) in [6.45, 7) is 6.78. The van der Waals surface area contributed by atoms with Crippen LogP contribution in [-0.4, -0.2) is 31.1 Å². The van der Waals surface area contributed by atoms with Crippen LogP contribution in [0.3, 0.4) is 0 Å². The second-order valence-electron chi connectivity index (χ2n) is 4.20. The molecule has 0 fully saturated rings. The molecule has 20 heavy (non-hydrogen) atoms. The largest absolute Gasteiger partial charge is 0.491 e. The topological polar surface area (TPSA) is 36.3 Å². The molecule has 0 spiro atoms. The summed E-state index contributed by atoms with van der Waals surface area (Å²) in [6.07, 6.45) is -4.45. The molecule has 0 heterocycles. The number of alkyl halides is 3. The molecule has 0 saturated carbocycles. The molecular weight excluding hydrogens is 269 g/mol. The van der Waals surface area contributed by atoms with Gasteiger partial charge in [-0.1, -0.05) is 13.8 Å². The fourth-order valence-corrected chi connectivity index (χ4v) is 1.74. The fraction of sp³-hybridized carbons (Fsp3) is 0.500. The molecule has 3 nitrogen and oxygen atoms in total. The molecule has 0 unspecified atom stereocenters. The van der Waals surface area contributed by atoms with E-state index in [1.807, 2.05) is 13.8 Å². The van der Waals surface area contributed by atoms with E-state index in [0.717, 1.165) is 25.2 Å². The van der Waals surface area contributed by atoms with Gasteiger partial charge in [0.2, 0.25) is 0 Å². The lowest BCUT2D eigenvalue weighted by atomic mass is 10.1. The Balaban J connectivity index is 2.74. The summed E-state index contributed by atoms with van der Waals surface area (Å²) in [4.78, 5) is 2.12. The van der Waals surface area contributed by atoms with Crippen LogP contribution in [0.2, 0.25) is 0 Å². The molecule has 110 valence electrons. The van der Waals surface area contributed by atoms with Crippen LogP contribution in [0.15, 0.2) is 18.2 Å². The number of benzene rings is 1. The highest BCUT2D eigenvalue weighted by Crippen LogP contribution is 2.32. The Morgan fingerprint density at radius 3 is 2.40 bits per heavy atom. The van der Waals surface area contributed by atoms with Gasteiger partial charge in [-0.25, -0.2) is 0 Å². The van der Waals surface area contributed by atoms with Crippen LogP contribution in [0.5, 0.6) is 5.75 Å². The van der Waals surface area contributed by atoms with Crippen LogP contribution < -0.4 is 4.74 Å². The zero-order valence-corrected chi connectivity index (χ0v) is 11.5. The first kappa shape index (κ1) is 16.3. The smallest absolute Gasteiger partial charge is 0.416 e. The third-order valence-electron chi connectivity index (χ3n) is 2.99. The second kappa shape index (κ2) is 7.15. The molecule has 0 amide bonds. The van der Waals surface area contributed by atoms with Crippen LogP contribution >= 0.6 is 0 Å². The van der Waals surface area contributed by atoms with E-state index in [1.54, 1.807) is 6.07 Å². The van der Waals surface area contributed by atoms with Crippen molar-refractivity contribution in [1.82, 2.24) is 4.90 Å². The van der Waals surface area contributed by atoms with E-state index in [9.17, 15) is 13.2 Å². The van der Waals surface area contributed by atoms with E-state index >= 15 is 0 Å². The fourth-order valence-electron chi connectivity index (χ4n) is 1.74. The van der Waals surface area contributed by atoms with Crippen LogP contribution in [-0.2, 0) is 6.18 Å². The number of nitriles is 1. The van der Waals surface area contributed by atoms with Crippen LogP contribution in [0.4, 0.5) is 13.2 Å². The lowest BCUT2D eigenvalue weighted by Gasteiger charge is -2.18. The Kier molecular flexibility index (Phi) is 5.83. The maximum absolute atomic E-state index is 12.5. The molecule has 0 radical (unpaired) electrons. The van der Waals surface area contributed by atoms with Crippen LogP contribution in [0, 0.1) is 11.3 Å². The van der Waals surface area contributed by atoms with Crippen molar-refractivity contribution >= 4 is 0 Å². The first-order chi connectivity index (χ1) is 9.42. The molecule has 1 rings (SSSR count). The molecule has 0 aliphatic carbocycles. The Bertz CT molecular complexity index is 476. The van der Waals surface area contributed by atoms with Gasteiger partial charge in [0.25, 0.3) is 0 Å². The SMILES string of the molecule is CCN(CC)CCOc1ccc(C(F)(F)F)cc1C#N. The number of hydrogen-bond acceptors (Lipinski definition) is 3. The van der Waals surface area contributed by atoms with E-state index in [-0.39, 0.29) is 11.3 Å². The van der Waals surface area contributed by atoms with Gasteiger partial charge in [0.05, 0.1) is 11.1 Å². The normalized spacial score (nSPS) is 11.4. The summed E-state index contributed by atoms with van der Waals surface area (Å²) in [5.74, 6) is 0.188. The molecule has 0 aromatic heterocycles. The number of ether oxygens (including phenoxy) is 1. The van der Waals surface area contributed by atoms with E-state index in [1.165, 1.54) is 6.07 Å². The van der Waals surface area contributed by atoms with Crippen molar-refractivity contribution in [2.75, 3.05) is 26.2 Å². The van der Waals surface area contributed by atoms with Crippen molar-refractivity contribution in [3.05, 3.63) is 29.3 Å². The maximum Gasteiger partial charge on any atom is 0.416 e. The van der Waals surface area contributed by atoms with Gasteiger partial charge in [-0.2, -0.15) is 18.4 Å². The average Bonchev–Trinajstić information content (AvgIpc) is 2.42. The molecule has 0 saturated heterocycles. The van der Waals surface area contributed by atoms with E-state index < -0.39 is 11.7 Å². The number of rotatable bonds is 6. The predicted molar refractivity (Wildman–Crippen MR) is 69.4 cm³/mol. The van der Waals surface area contributed by atoms with Crippen LogP contribution in [0.1, 0.15) is 25.0 Å². The summed E-state index contributed by atoms with van der Waals surface area (Å²) >= 11 is 0. The summed E-state index contributed by atoms with van der Waals surface area (Å²) in [6, 6.07) is 4.67. The van der Waals surface area contributed by atoms with E-state index in [0.29, 0.717) is 13.2 Å². The van der Waals surface area contributed by atoms with Gasteiger partial charge in [-0.05, 0) is 31.3 Å². The van der Waals surface area contributed by atoms with Crippen molar-refractivity contribution < 1.29 is 17.9 Å². The molecule has 0 aliphatic heterocycles. The van der Waals surface area contributed by atoms with E-state index in [2.05, 4.69) is 4.90 Å². The molecule has 0 bridgehead atoms. The maximum atomic E-state index is 12.5. The number of hydrogen-bond donors (Lipinski definition) is 0. The molecule has 6 heteroatoms. The highest BCUT2D eigenvalue weighted by molar-refractivity contribution is 5.46. The zero-order chi connectivity index (χ0) is 15.2. The number of halogens is 3. The number of nitrogens with zero attached hydrogens (tertiary/aromatic N) is 2. The van der Waals surface area contributed by atoms with E-state index in [4.69, 9.17) is 10.00 Å². The first-order valence-corrected chi connectivity index (χ1v) is 6.38. The minimum absolute atomic E-state index is 0.0978. The zero-order valence-electron chi connectivity index (χ0n) is 11.5. The lowest BCUT2D eigenvalue weighted by Crippen LogP contribution is -2.28. The summed E-state index contributed by atoms with van der Waals surface area (Å²) in [5.41, 5.74) is -0.940. The Labute approximate surface area is 116 Å². The quantitative estimate of drug-likeness (QED) is 0.805. The monoisotopic (exact) mass is 286 g/mol. The molecule has 0 atom stereocenters. The minimum Gasteiger partial charge on any atom is -0.491 e. The molecular formula is C14H17F3N2O. The predicted octanol–water partition coefficient (Wildman–Crippen LogP) is 3.30. The van der Waals surface area contributed by atoms with Gasteiger partial charge < -0.3 is 9.64 Å². The number of likely N-dealkylation sites (N-methyl/N-ethyl adjacent to an activating group) is 1.